The number of carboxylic acids is 1. The molecule has 0 radical (unpaired) electrons. The maximum Gasteiger partial charge on any atom is 0.335 e. The van der Waals surface area contributed by atoms with Gasteiger partial charge >= 0.3 is 5.97 Å². The number of ketones is 1. The summed E-state index contributed by atoms with van der Waals surface area (Å²) in [4.78, 5) is 23.0. The minimum atomic E-state index is -3.87. The van der Waals surface area contributed by atoms with Gasteiger partial charge in [-0.05, 0) is 35.9 Å². The quantitative estimate of drug-likeness (QED) is 0.851. The SMILES string of the molecule is O=C(O)c1ccc2c(c1)CC(=O)c1cccn1S2(=O)=O. The Morgan fingerprint density at radius 1 is 1.25 bits per heavy atom. The normalized spacial score (nSPS) is 16.1. The maximum absolute atomic E-state index is 12.5. The van der Waals surface area contributed by atoms with E-state index in [-0.39, 0.29) is 33.9 Å². The van der Waals surface area contributed by atoms with E-state index in [1.165, 1.54) is 36.5 Å². The first-order chi connectivity index (χ1) is 9.41. The predicted octanol–water partition coefficient (Wildman–Crippen LogP) is 1.16. The lowest BCUT2D eigenvalue weighted by Crippen LogP contribution is -2.14. The van der Waals surface area contributed by atoms with Crippen LogP contribution in [0.5, 0.6) is 0 Å². The Morgan fingerprint density at radius 3 is 2.70 bits per heavy atom. The summed E-state index contributed by atoms with van der Waals surface area (Å²) in [5.74, 6) is -1.53. The third-order valence-electron chi connectivity index (χ3n) is 3.19. The van der Waals surface area contributed by atoms with Gasteiger partial charge in [-0.1, -0.05) is 0 Å². The molecule has 0 unspecified atom stereocenters. The van der Waals surface area contributed by atoms with E-state index in [1.807, 2.05) is 0 Å². The molecule has 0 bridgehead atoms. The van der Waals surface area contributed by atoms with Crippen LogP contribution < -0.4 is 0 Å². The topological polar surface area (TPSA) is 93.4 Å². The van der Waals surface area contributed by atoms with Crippen LogP contribution in [0.2, 0.25) is 0 Å². The molecule has 0 saturated carbocycles. The highest BCUT2D eigenvalue weighted by Crippen LogP contribution is 2.27. The molecule has 0 saturated heterocycles. The van der Waals surface area contributed by atoms with Gasteiger partial charge in [-0.2, -0.15) is 0 Å². The Bertz CT molecular complexity index is 847. The van der Waals surface area contributed by atoms with E-state index in [9.17, 15) is 18.0 Å². The van der Waals surface area contributed by atoms with Gasteiger partial charge in [-0.3, -0.25) is 4.79 Å². The summed E-state index contributed by atoms with van der Waals surface area (Å²) >= 11 is 0. The Hall–Kier alpha value is -2.41. The molecule has 1 aliphatic heterocycles. The first-order valence-corrected chi connectivity index (χ1v) is 7.17. The zero-order valence-electron chi connectivity index (χ0n) is 10.1. The van der Waals surface area contributed by atoms with Crippen molar-refractivity contribution in [3.8, 4) is 0 Å². The number of hydrogen-bond acceptors (Lipinski definition) is 4. The van der Waals surface area contributed by atoms with E-state index in [1.54, 1.807) is 0 Å². The monoisotopic (exact) mass is 291 g/mol. The molecule has 7 heteroatoms. The van der Waals surface area contributed by atoms with Crippen molar-refractivity contribution in [1.82, 2.24) is 3.97 Å². The van der Waals surface area contributed by atoms with Crippen LogP contribution in [0.25, 0.3) is 0 Å². The highest BCUT2D eigenvalue weighted by molar-refractivity contribution is 7.90. The predicted molar refractivity (Wildman–Crippen MR) is 68.5 cm³/mol. The summed E-state index contributed by atoms with van der Waals surface area (Å²) in [5.41, 5.74) is 0.245. The molecule has 1 N–H and O–H groups in total. The number of carbonyl (C=O) groups excluding carboxylic acids is 1. The third kappa shape index (κ3) is 1.67. The molecular weight excluding hydrogens is 282 g/mol. The molecule has 0 atom stereocenters. The van der Waals surface area contributed by atoms with Gasteiger partial charge in [0.15, 0.2) is 5.78 Å². The number of fused-ring (bicyclic) bond motifs is 2. The molecule has 3 rings (SSSR count). The Labute approximate surface area is 114 Å². The lowest BCUT2D eigenvalue weighted by molar-refractivity contribution is 0.0696. The van der Waals surface area contributed by atoms with Crippen molar-refractivity contribution in [2.45, 2.75) is 11.3 Å². The summed E-state index contributed by atoms with van der Waals surface area (Å²) in [6, 6.07) is 6.61. The second-order valence-electron chi connectivity index (χ2n) is 4.42. The fourth-order valence-corrected chi connectivity index (χ4v) is 3.83. The minimum Gasteiger partial charge on any atom is -0.478 e. The van der Waals surface area contributed by atoms with Crippen LogP contribution in [0.4, 0.5) is 0 Å². The molecule has 2 heterocycles. The van der Waals surface area contributed by atoms with Crippen LogP contribution in [-0.2, 0) is 16.4 Å². The van der Waals surface area contributed by atoms with Crippen LogP contribution in [0.3, 0.4) is 0 Å². The van der Waals surface area contributed by atoms with Gasteiger partial charge in [-0.25, -0.2) is 17.2 Å². The molecule has 1 aromatic heterocycles. The minimum absolute atomic E-state index is 0.0363. The fraction of sp³-hybridized carbons (Fsp3) is 0.0769. The average Bonchev–Trinajstić information content (AvgIpc) is 2.85. The number of rotatable bonds is 1. The Balaban J connectivity index is 2.32. The first kappa shape index (κ1) is 12.6. The molecule has 0 aliphatic carbocycles. The number of carboxylic acid groups (broad SMARTS) is 1. The van der Waals surface area contributed by atoms with Crippen LogP contribution in [0.15, 0.2) is 41.4 Å². The van der Waals surface area contributed by atoms with E-state index in [0.717, 1.165) is 3.97 Å². The average molecular weight is 291 g/mol. The number of aromatic carboxylic acids is 1. The van der Waals surface area contributed by atoms with Gasteiger partial charge in [0.1, 0.15) is 5.69 Å². The number of aromatic nitrogens is 1. The third-order valence-corrected chi connectivity index (χ3v) is 4.98. The number of hydrogen-bond donors (Lipinski definition) is 1. The maximum atomic E-state index is 12.5. The molecule has 6 nitrogen and oxygen atoms in total. The molecule has 1 aromatic carbocycles. The van der Waals surface area contributed by atoms with Gasteiger partial charge in [0, 0.05) is 12.6 Å². The van der Waals surface area contributed by atoms with Crippen molar-refractivity contribution >= 4 is 21.8 Å². The van der Waals surface area contributed by atoms with E-state index in [2.05, 4.69) is 0 Å². The standard InChI is InChI=1S/C13H9NO5S/c15-11-7-9-6-8(13(16)17)3-4-12(9)20(18,19)14-5-1-2-10(11)14/h1-6H,7H2,(H,16,17). The highest BCUT2D eigenvalue weighted by Gasteiger charge is 2.30. The molecule has 0 fully saturated rings. The smallest absolute Gasteiger partial charge is 0.335 e. The summed E-state index contributed by atoms with van der Waals surface area (Å²) in [5, 5.41) is 8.95. The van der Waals surface area contributed by atoms with Crippen LogP contribution in [-0.4, -0.2) is 29.2 Å². The van der Waals surface area contributed by atoms with Crippen molar-refractivity contribution in [2.75, 3.05) is 0 Å². The molecular formula is C13H9NO5S. The summed E-state index contributed by atoms with van der Waals surface area (Å²) in [7, 11) is -3.87. The van der Waals surface area contributed by atoms with E-state index < -0.39 is 16.0 Å². The van der Waals surface area contributed by atoms with Crippen molar-refractivity contribution in [3.63, 3.8) is 0 Å². The van der Waals surface area contributed by atoms with Crippen molar-refractivity contribution in [1.29, 1.82) is 0 Å². The van der Waals surface area contributed by atoms with E-state index >= 15 is 0 Å². The summed E-state index contributed by atoms with van der Waals surface area (Å²) < 4.78 is 25.9. The summed E-state index contributed by atoms with van der Waals surface area (Å²) in [6.45, 7) is 0. The second kappa shape index (κ2) is 4.04. The van der Waals surface area contributed by atoms with Gasteiger partial charge in [0.25, 0.3) is 10.0 Å². The van der Waals surface area contributed by atoms with Crippen molar-refractivity contribution in [2.24, 2.45) is 0 Å². The molecule has 0 spiro atoms. The Morgan fingerprint density at radius 2 is 2.00 bits per heavy atom. The van der Waals surface area contributed by atoms with Gasteiger partial charge < -0.3 is 5.11 Å². The molecule has 20 heavy (non-hydrogen) atoms. The van der Waals surface area contributed by atoms with E-state index in [4.69, 9.17) is 5.11 Å². The zero-order valence-corrected chi connectivity index (χ0v) is 10.9. The van der Waals surface area contributed by atoms with Gasteiger partial charge in [-0.15, -0.1) is 0 Å². The van der Waals surface area contributed by atoms with Crippen molar-refractivity contribution < 1.29 is 23.1 Å². The Kier molecular flexibility index (Phi) is 2.55. The lowest BCUT2D eigenvalue weighted by atomic mass is 10.0. The molecule has 102 valence electrons. The summed E-state index contributed by atoms with van der Waals surface area (Å²) in [6.07, 6.45) is 1.17. The largest absolute Gasteiger partial charge is 0.478 e. The number of Topliss-reactive ketones (excluding diaryl/α,β-unsaturated/α-hetero) is 1. The molecule has 0 amide bonds. The van der Waals surface area contributed by atoms with Crippen LogP contribution in [0, 0.1) is 0 Å². The highest BCUT2D eigenvalue weighted by atomic mass is 32.2. The van der Waals surface area contributed by atoms with Gasteiger partial charge in [0.05, 0.1) is 10.5 Å². The number of carbonyl (C=O) groups is 2. The zero-order chi connectivity index (χ0) is 14.5. The second-order valence-corrected chi connectivity index (χ2v) is 6.21. The molecule has 1 aliphatic rings. The van der Waals surface area contributed by atoms with Crippen LogP contribution in [0.1, 0.15) is 26.4 Å². The van der Waals surface area contributed by atoms with E-state index in [0.29, 0.717) is 0 Å². The number of benzene rings is 1. The van der Waals surface area contributed by atoms with Crippen LogP contribution >= 0.6 is 0 Å². The lowest BCUT2D eigenvalue weighted by Gasteiger charge is -2.08. The fourth-order valence-electron chi connectivity index (χ4n) is 2.26. The number of nitrogens with zero attached hydrogens (tertiary/aromatic N) is 1. The van der Waals surface area contributed by atoms with Gasteiger partial charge in [0.2, 0.25) is 0 Å². The first-order valence-electron chi connectivity index (χ1n) is 5.73. The molecule has 2 aromatic rings. The van der Waals surface area contributed by atoms with Crippen molar-refractivity contribution in [3.05, 3.63) is 53.3 Å².